The van der Waals surface area contributed by atoms with Crippen LogP contribution in [0.15, 0.2) is 52.9 Å². The van der Waals surface area contributed by atoms with E-state index in [1.807, 2.05) is 36.4 Å². The van der Waals surface area contributed by atoms with E-state index in [0.29, 0.717) is 5.92 Å². The monoisotopic (exact) mass is 324 g/mol. The summed E-state index contributed by atoms with van der Waals surface area (Å²) in [7, 11) is 0. The lowest BCUT2D eigenvalue weighted by molar-refractivity contribution is 0.149. The van der Waals surface area contributed by atoms with Crippen molar-refractivity contribution in [2.24, 2.45) is 0 Å². The first-order valence-corrected chi connectivity index (χ1v) is 8.56. The number of hydrogen-bond donors (Lipinski definition) is 0. The van der Waals surface area contributed by atoms with Gasteiger partial charge in [0, 0.05) is 18.5 Å². The van der Waals surface area contributed by atoms with Crippen LogP contribution in [0.25, 0.3) is 11.1 Å². The Morgan fingerprint density at radius 2 is 1.96 bits per heavy atom. The summed E-state index contributed by atoms with van der Waals surface area (Å²) in [6.07, 6.45) is 2.22. The van der Waals surface area contributed by atoms with E-state index in [0.717, 1.165) is 48.5 Å². The van der Waals surface area contributed by atoms with Gasteiger partial charge in [-0.3, -0.25) is 4.90 Å². The fourth-order valence-electron chi connectivity index (χ4n) is 3.58. The zero-order valence-corrected chi connectivity index (χ0v) is 13.8. The third kappa shape index (κ3) is 2.94. The minimum Gasteiger partial charge on any atom is -0.440 e. The summed E-state index contributed by atoms with van der Waals surface area (Å²) >= 11 is 0. The lowest BCUT2D eigenvalue weighted by atomic mass is 9.95. The molecule has 4 heteroatoms. The highest BCUT2D eigenvalue weighted by Gasteiger charge is 2.28. The van der Waals surface area contributed by atoms with Crippen LogP contribution < -0.4 is 0 Å². The Balaban J connectivity index is 1.53. The maximum absolute atomic E-state index is 13.1. The highest BCUT2D eigenvalue weighted by molar-refractivity contribution is 5.72. The van der Waals surface area contributed by atoms with Gasteiger partial charge in [0.15, 0.2) is 11.5 Å². The van der Waals surface area contributed by atoms with Crippen molar-refractivity contribution in [2.75, 3.05) is 13.1 Å². The number of likely N-dealkylation sites (tertiary alicyclic amines) is 1. The van der Waals surface area contributed by atoms with E-state index in [9.17, 15) is 4.39 Å². The molecule has 0 amide bonds. The van der Waals surface area contributed by atoms with Crippen molar-refractivity contribution in [1.82, 2.24) is 9.88 Å². The van der Waals surface area contributed by atoms with Gasteiger partial charge >= 0.3 is 0 Å². The third-order valence-electron chi connectivity index (χ3n) is 5.01. The second kappa shape index (κ2) is 6.36. The fraction of sp³-hybridized carbons (Fsp3) is 0.350. The molecule has 24 heavy (non-hydrogen) atoms. The van der Waals surface area contributed by atoms with Gasteiger partial charge in [-0.15, -0.1) is 0 Å². The normalized spacial score (nSPS) is 20.3. The van der Waals surface area contributed by atoms with E-state index in [2.05, 4.69) is 16.8 Å². The summed E-state index contributed by atoms with van der Waals surface area (Å²) < 4.78 is 19.1. The van der Waals surface area contributed by atoms with E-state index in [4.69, 9.17) is 4.42 Å². The molecule has 3 nitrogen and oxygen atoms in total. The molecule has 0 N–H and O–H groups in total. The van der Waals surface area contributed by atoms with Crippen LogP contribution in [-0.4, -0.2) is 23.0 Å². The largest absolute Gasteiger partial charge is 0.440 e. The third-order valence-corrected chi connectivity index (χ3v) is 5.01. The average molecular weight is 324 g/mol. The predicted molar refractivity (Wildman–Crippen MR) is 92.4 cm³/mol. The second-order valence-electron chi connectivity index (χ2n) is 6.58. The van der Waals surface area contributed by atoms with Gasteiger partial charge in [-0.05, 0) is 56.1 Å². The smallest absolute Gasteiger partial charge is 0.199 e. The first-order chi connectivity index (χ1) is 11.7. The van der Waals surface area contributed by atoms with Crippen molar-refractivity contribution in [2.45, 2.75) is 31.7 Å². The van der Waals surface area contributed by atoms with Crippen molar-refractivity contribution in [3.63, 3.8) is 0 Å². The number of oxazole rings is 1. The van der Waals surface area contributed by atoms with Crippen LogP contribution >= 0.6 is 0 Å². The van der Waals surface area contributed by atoms with Crippen molar-refractivity contribution in [3.05, 3.63) is 65.8 Å². The van der Waals surface area contributed by atoms with Crippen molar-refractivity contribution >= 4 is 11.1 Å². The molecular weight excluding hydrogens is 303 g/mol. The van der Waals surface area contributed by atoms with Crippen LogP contribution in [0.1, 0.15) is 43.2 Å². The molecule has 1 saturated heterocycles. The lowest BCUT2D eigenvalue weighted by Crippen LogP contribution is -2.36. The molecule has 2 aromatic carbocycles. The van der Waals surface area contributed by atoms with Gasteiger partial charge in [0.1, 0.15) is 11.3 Å². The summed E-state index contributed by atoms with van der Waals surface area (Å²) in [6, 6.07) is 15.0. The number of benzene rings is 2. The number of hydrogen-bond acceptors (Lipinski definition) is 3. The molecule has 0 unspecified atom stereocenters. The van der Waals surface area contributed by atoms with E-state index in [1.54, 1.807) is 0 Å². The topological polar surface area (TPSA) is 29.3 Å². The Bertz CT molecular complexity index is 794. The number of halogens is 1. The van der Waals surface area contributed by atoms with E-state index in [-0.39, 0.29) is 11.9 Å². The van der Waals surface area contributed by atoms with Crippen molar-refractivity contribution in [3.8, 4) is 0 Å². The molecule has 4 rings (SSSR count). The molecule has 0 aliphatic carbocycles. The Morgan fingerprint density at radius 1 is 1.17 bits per heavy atom. The summed E-state index contributed by atoms with van der Waals surface area (Å²) in [5.74, 6) is 0.968. The molecule has 0 spiro atoms. The first-order valence-electron chi connectivity index (χ1n) is 8.56. The Kier molecular flexibility index (Phi) is 4.07. The highest BCUT2D eigenvalue weighted by atomic mass is 19.1. The minimum atomic E-state index is -0.186. The molecule has 1 aliphatic heterocycles. The maximum atomic E-state index is 13.1. The van der Waals surface area contributed by atoms with Gasteiger partial charge in [-0.1, -0.05) is 24.3 Å². The van der Waals surface area contributed by atoms with E-state index in [1.165, 1.54) is 12.1 Å². The van der Waals surface area contributed by atoms with Gasteiger partial charge in [0.2, 0.25) is 0 Å². The number of piperidine rings is 1. The van der Waals surface area contributed by atoms with Crippen LogP contribution in [0.2, 0.25) is 0 Å². The van der Waals surface area contributed by atoms with Crippen LogP contribution in [0, 0.1) is 5.82 Å². The zero-order chi connectivity index (χ0) is 16.5. The zero-order valence-electron chi connectivity index (χ0n) is 13.8. The molecule has 2 atom stereocenters. The molecule has 2 heterocycles. The summed E-state index contributed by atoms with van der Waals surface area (Å²) in [5.41, 5.74) is 2.93. The van der Waals surface area contributed by atoms with E-state index >= 15 is 0 Å². The number of nitrogens with zero attached hydrogens (tertiary/aromatic N) is 2. The molecule has 1 fully saturated rings. The molecule has 0 saturated carbocycles. The minimum absolute atomic E-state index is 0.186. The summed E-state index contributed by atoms with van der Waals surface area (Å²) in [5, 5.41) is 0. The van der Waals surface area contributed by atoms with Gasteiger partial charge in [-0.2, -0.15) is 0 Å². The second-order valence-corrected chi connectivity index (χ2v) is 6.58. The Morgan fingerprint density at radius 3 is 2.75 bits per heavy atom. The Labute approximate surface area is 141 Å². The SMILES string of the molecule is C[C@@H](c1ccc(F)cc1)N1CCC[C@@H](c2nc3ccccc3o2)C1. The van der Waals surface area contributed by atoms with Gasteiger partial charge < -0.3 is 4.42 Å². The van der Waals surface area contributed by atoms with Gasteiger partial charge in [-0.25, -0.2) is 9.37 Å². The fourth-order valence-corrected chi connectivity index (χ4v) is 3.58. The highest BCUT2D eigenvalue weighted by Crippen LogP contribution is 2.33. The number of fused-ring (bicyclic) bond motifs is 1. The quantitative estimate of drug-likeness (QED) is 0.685. The maximum Gasteiger partial charge on any atom is 0.199 e. The molecule has 3 aromatic rings. The van der Waals surface area contributed by atoms with E-state index < -0.39 is 0 Å². The molecule has 1 aliphatic rings. The molecule has 1 aromatic heterocycles. The molecule has 0 radical (unpaired) electrons. The van der Waals surface area contributed by atoms with Crippen LogP contribution in [0.3, 0.4) is 0 Å². The van der Waals surface area contributed by atoms with Crippen LogP contribution in [0.4, 0.5) is 4.39 Å². The lowest BCUT2D eigenvalue weighted by Gasteiger charge is -2.36. The Hall–Kier alpha value is -2.20. The first kappa shape index (κ1) is 15.3. The van der Waals surface area contributed by atoms with Crippen LogP contribution in [0.5, 0.6) is 0 Å². The van der Waals surface area contributed by atoms with Crippen LogP contribution in [-0.2, 0) is 0 Å². The summed E-state index contributed by atoms with van der Waals surface area (Å²) in [6.45, 7) is 4.16. The number of para-hydroxylation sites is 2. The molecule has 0 bridgehead atoms. The van der Waals surface area contributed by atoms with Gasteiger partial charge in [0.25, 0.3) is 0 Å². The number of rotatable bonds is 3. The summed E-state index contributed by atoms with van der Waals surface area (Å²) in [4.78, 5) is 7.11. The van der Waals surface area contributed by atoms with Gasteiger partial charge in [0.05, 0.1) is 0 Å². The predicted octanol–water partition coefficient (Wildman–Crippen LogP) is 4.91. The average Bonchev–Trinajstić information content (AvgIpc) is 3.06. The molecule has 124 valence electrons. The van der Waals surface area contributed by atoms with Crippen molar-refractivity contribution < 1.29 is 8.81 Å². The van der Waals surface area contributed by atoms with Crippen molar-refractivity contribution in [1.29, 1.82) is 0 Å². The number of aromatic nitrogens is 1. The molecular formula is C20H21FN2O. The standard InChI is InChI=1S/C20H21FN2O/c1-14(15-8-10-17(21)11-9-15)23-12-4-5-16(13-23)20-22-18-6-2-3-7-19(18)24-20/h2-3,6-11,14,16H,4-5,12-13H2,1H3/t14-,16+/m0/s1.